The maximum Gasteiger partial charge on any atom is 0.471 e. The summed E-state index contributed by atoms with van der Waals surface area (Å²) in [6.45, 7) is 1.84. The van der Waals surface area contributed by atoms with Gasteiger partial charge in [-0.2, -0.15) is 18.4 Å². The number of alkyl halides is 3. The number of fused-ring (bicyclic) bond motifs is 1. The predicted octanol–water partition coefficient (Wildman–Crippen LogP) is 4.77. The van der Waals surface area contributed by atoms with E-state index in [1.807, 2.05) is 31.2 Å². The Morgan fingerprint density at radius 3 is 2.59 bits per heavy atom. The molecule has 3 rings (SSSR count). The Balaban J connectivity index is 1.94. The topological polar surface area (TPSA) is 85.8 Å². The molecule has 0 unspecified atom stereocenters. The van der Waals surface area contributed by atoms with E-state index >= 15 is 0 Å². The van der Waals surface area contributed by atoms with Crippen LogP contribution in [0.1, 0.15) is 21.5 Å². The van der Waals surface area contributed by atoms with E-state index in [4.69, 9.17) is 0 Å². The largest absolute Gasteiger partial charge is 0.471 e. The van der Waals surface area contributed by atoms with Gasteiger partial charge in [0.1, 0.15) is 11.6 Å². The second-order valence-corrected chi connectivity index (χ2v) is 6.28. The molecule has 0 fully saturated rings. The summed E-state index contributed by atoms with van der Waals surface area (Å²) in [4.78, 5) is 26.9. The molecule has 0 radical (unpaired) electrons. The summed E-state index contributed by atoms with van der Waals surface area (Å²) >= 11 is 0. The third-order valence-corrected chi connectivity index (χ3v) is 4.24. The number of H-pyrrole nitrogens is 1. The number of allylic oxidation sites excluding steroid dienone is 1. The quantitative estimate of drug-likeness (QED) is 0.378. The van der Waals surface area contributed by atoms with Gasteiger partial charge in [0, 0.05) is 28.4 Å². The van der Waals surface area contributed by atoms with Crippen molar-refractivity contribution >= 4 is 34.4 Å². The third-order valence-electron chi connectivity index (χ3n) is 4.24. The molecule has 0 saturated heterocycles. The van der Waals surface area contributed by atoms with E-state index in [2.05, 4.69) is 4.98 Å². The lowest BCUT2D eigenvalue weighted by molar-refractivity contribution is -0.167. The zero-order chi connectivity index (χ0) is 21.2. The van der Waals surface area contributed by atoms with Crippen LogP contribution in [0.4, 0.5) is 18.9 Å². The monoisotopic (exact) mass is 397 g/mol. The van der Waals surface area contributed by atoms with Gasteiger partial charge in [-0.1, -0.05) is 24.3 Å². The highest BCUT2D eigenvalue weighted by molar-refractivity contribution is 6.20. The van der Waals surface area contributed by atoms with E-state index in [1.165, 1.54) is 36.5 Å². The van der Waals surface area contributed by atoms with Crippen molar-refractivity contribution in [2.75, 3.05) is 5.32 Å². The first-order chi connectivity index (χ1) is 13.7. The van der Waals surface area contributed by atoms with Crippen LogP contribution in [0, 0.1) is 18.3 Å². The zero-order valence-corrected chi connectivity index (χ0v) is 15.1. The van der Waals surface area contributed by atoms with Gasteiger partial charge < -0.3 is 10.3 Å². The smallest absolute Gasteiger partial charge is 0.360 e. The Bertz CT molecular complexity index is 1180. The number of benzene rings is 2. The molecule has 1 heterocycles. The third kappa shape index (κ3) is 4.19. The number of amides is 1. The summed E-state index contributed by atoms with van der Waals surface area (Å²) in [5.41, 5.74) is 1.95. The molecule has 0 spiro atoms. The Labute approximate surface area is 163 Å². The van der Waals surface area contributed by atoms with Gasteiger partial charge in [-0.05, 0) is 42.3 Å². The van der Waals surface area contributed by atoms with Gasteiger partial charge in [0.05, 0.1) is 0 Å². The van der Waals surface area contributed by atoms with Gasteiger partial charge >= 0.3 is 12.1 Å². The van der Waals surface area contributed by atoms with Crippen LogP contribution in [0.2, 0.25) is 0 Å². The van der Waals surface area contributed by atoms with Crippen LogP contribution in [-0.4, -0.2) is 22.9 Å². The van der Waals surface area contributed by atoms with Gasteiger partial charge in [-0.3, -0.25) is 9.59 Å². The van der Waals surface area contributed by atoms with E-state index in [9.17, 15) is 28.0 Å². The van der Waals surface area contributed by atoms with E-state index in [0.717, 1.165) is 11.1 Å². The van der Waals surface area contributed by atoms with Gasteiger partial charge in [-0.25, -0.2) is 0 Å². The molecule has 0 aliphatic heterocycles. The molecule has 29 heavy (non-hydrogen) atoms. The maximum absolute atomic E-state index is 12.9. The summed E-state index contributed by atoms with van der Waals surface area (Å²) < 4.78 is 37.2. The van der Waals surface area contributed by atoms with Crippen LogP contribution >= 0.6 is 0 Å². The number of halogens is 3. The summed E-state index contributed by atoms with van der Waals surface area (Å²) in [5.74, 6) is -2.62. The van der Waals surface area contributed by atoms with Crippen molar-refractivity contribution in [3.05, 3.63) is 70.9 Å². The number of aryl methyl sites for hydroxylation is 1. The number of nitrogens with one attached hydrogen (secondary N) is 2. The maximum atomic E-state index is 12.9. The SMILES string of the molecule is Cc1cccc2[nH]cc(C(=O)C(C#N)=Cc3cccc(NC(=O)C(F)(F)F)c3)c12. The molecule has 0 aliphatic rings. The summed E-state index contributed by atoms with van der Waals surface area (Å²) in [6, 6.07) is 12.8. The molecule has 2 aromatic carbocycles. The normalized spacial score (nSPS) is 11.9. The number of ketones is 1. The van der Waals surface area contributed by atoms with Gasteiger partial charge in [0.15, 0.2) is 0 Å². The first-order valence-corrected chi connectivity index (χ1v) is 8.42. The van der Waals surface area contributed by atoms with Crippen molar-refractivity contribution < 1.29 is 22.8 Å². The Kier molecular flexibility index (Phi) is 5.24. The fourth-order valence-electron chi connectivity index (χ4n) is 2.92. The lowest BCUT2D eigenvalue weighted by Gasteiger charge is -2.08. The minimum absolute atomic E-state index is 0.103. The van der Waals surface area contributed by atoms with Crippen molar-refractivity contribution in [3.8, 4) is 6.07 Å². The molecule has 146 valence electrons. The van der Waals surface area contributed by atoms with Crippen molar-refractivity contribution in [1.29, 1.82) is 5.26 Å². The van der Waals surface area contributed by atoms with Crippen LogP contribution in [0.25, 0.3) is 17.0 Å². The Morgan fingerprint density at radius 1 is 1.17 bits per heavy atom. The zero-order valence-electron chi connectivity index (χ0n) is 15.1. The number of rotatable bonds is 4. The second kappa shape index (κ2) is 7.64. The van der Waals surface area contributed by atoms with Crippen LogP contribution in [-0.2, 0) is 4.79 Å². The Morgan fingerprint density at radius 2 is 1.90 bits per heavy atom. The summed E-state index contributed by atoms with van der Waals surface area (Å²) in [6.07, 6.45) is -2.24. The number of nitrogens with zero attached hydrogens (tertiary/aromatic N) is 1. The molecule has 0 bridgehead atoms. The first-order valence-electron chi connectivity index (χ1n) is 8.42. The lowest BCUT2D eigenvalue weighted by atomic mass is 9.99. The number of carbonyl (C=O) groups excluding carboxylic acids is 2. The molecule has 3 aromatic rings. The number of aromatic nitrogens is 1. The minimum Gasteiger partial charge on any atom is -0.360 e. The van der Waals surface area contributed by atoms with Crippen molar-refractivity contribution in [2.24, 2.45) is 0 Å². The second-order valence-electron chi connectivity index (χ2n) is 6.28. The fourth-order valence-corrected chi connectivity index (χ4v) is 2.92. The molecule has 5 nitrogen and oxygen atoms in total. The predicted molar refractivity (Wildman–Crippen MR) is 102 cm³/mol. The standard InChI is InChI=1S/C21H14F3N3O2/c1-12-4-2-7-17-18(12)16(11-26-17)19(28)14(10-25)8-13-5-3-6-15(9-13)27-20(29)21(22,23)24/h2-9,11,26H,1H3,(H,27,29). The van der Waals surface area contributed by atoms with Gasteiger partial charge in [0.2, 0.25) is 5.78 Å². The van der Waals surface area contributed by atoms with Gasteiger partial charge in [0.25, 0.3) is 0 Å². The first kappa shape index (κ1) is 19.9. The molecule has 1 amide bonds. The number of carbonyl (C=O) groups is 2. The highest BCUT2D eigenvalue weighted by Gasteiger charge is 2.38. The minimum atomic E-state index is -5.02. The molecule has 2 N–H and O–H groups in total. The molecular weight excluding hydrogens is 383 g/mol. The molecule has 0 aliphatic carbocycles. The molecule has 0 atom stereocenters. The van der Waals surface area contributed by atoms with Crippen molar-refractivity contribution in [3.63, 3.8) is 0 Å². The van der Waals surface area contributed by atoms with Gasteiger partial charge in [-0.15, -0.1) is 0 Å². The average molecular weight is 397 g/mol. The molecular formula is C21H14F3N3O2. The van der Waals surface area contributed by atoms with Crippen molar-refractivity contribution in [1.82, 2.24) is 4.98 Å². The van der Waals surface area contributed by atoms with Crippen LogP contribution in [0.3, 0.4) is 0 Å². The molecule has 8 heteroatoms. The number of hydrogen-bond donors (Lipinski definition) is 2. The number of Topliss-reactive ketones (excluding diaryl/α,β-unsaturated/α-hetero) is 1. The summed E-state index contributed by atoms with van der Waals surface area (Å²) in [7, 11) is 0. The highest BCUT2D eigenvalue weighted by atomic mass is 19.4. The number of aromatic amines is 1. The van der Waals surface area contributed by atoms with Crippen LogP contribution < -0.4 is 5.32 Å². The number of nitriles is 1. The van der Waals surface area contributed by atoms with E-state index < -0.39 is 17.9 Å². The van der Waals surface area contributed by atoms with E-state index in [1.54, 1.807) is 5.32 Å². The lowest BCUT2D eigenvalue weighted by Crippen LogP contribution is -2.29. The van der Waals surface area contributed by atoms with Crippen LogP contribution in [0.5, 0.6) is 0 Å². The fraction of sp³-hybridized carbons (Fsp3) is 0.0952. The Hall–Kier alpha value is -3.86. The van der Waals surface area contributed by atoms with Crippen molar-refractivity contribution in [2.45, 2.75) is 13.1 Å². The number of anilines is 1. The van der Waals surface area contributed by atoms with E-state index in [-0.39, 0.29) is 11.3 Å². The molecule has 0 saturated carbocycles. The molecule has 1 aromatic heterocycles. The number of hydrogen-bond acceptors (Lipinski definition) is 3. The van der Waals surface area contributed by atoms with E-state index in [0.29, 0.717) is 16.5 Å². The highest BCUT2D eigenvalue weighted by Crippen LogP contribution is 2.25. The summed E-state index contributed by atoms with van der Waals surface area (Å²) in [5, 5.41) is 11.9. The van der Waals surface area contributed by atoms with Crippen LogP contribution in [0.15, 0.2) is 54.2 Å². The average Bonchev–Trinajstić information content (AvgIpc) is 3.10.